The first-order valence-corrected chi connectivity index (χ1v) is 9.09. The average Bonchev–Trinajstić information content (AvgIpc) is 2.74. The SMILES string of the molecule is N#Cc1cccc(C(=O)CC(=O)Nc2cc(-c3cccc(F)c3)ccc2NC(=O)O)c1. The summed E-state index contributed by atoms with van der Waals surface area (Å²) in [4.78, 5) is 35.9. The topological polar surface area (TPSA) is 119 Å². The van der Waals surface area contributed by atoms with Gasteiger partial charge in [0, 0.05) is 5.56 Å². The van der Waals surface area contributed by atoms with Gasteiger partial charge in [-0.2, -0.15) is 5.26 Å². The molecule has 0 atom stereocenters. The third-order valence-corrected chi connectivity index (χ3v) is 4.33. The number of carbonyl (C=O) groups is 3. The number of carboxylic acid groups (broad SMARTS) is 1. The van der Waals surface area contributed by atoms with E-state index >= 15 is 0 Å². The molecule has 0 fully saturated rings. The number of hydrogen-bond acceptors (Lipinski definition) is 4. The number of benzene rings is 3. The lowest BCUT2D eigenvalue weighted by Gasteiger charge is -2.13. The Bertz CT molecular complexity index is 1220. The van der Waals surface area contributed by atoms with E-state index in [0.29, 0.717) is 16.7 Å². The summed E-state index contributed by atoms with van der Waals surface area (Å²) in [6.07, 6.45) is -1.84. The van der Waals surface area contributed by atoms with Crippen molar-refractivity contribution in [1.29, 1.82) is 5.26 Å². The highest BCUT2D eigenvalue weighted by molar-refractivity contribution is 6.12. The van der Waals surface area contributed by atoms with E-state index in [9.17, 15) is 18.8 Å². The molecule has 0 saturated heterocycles. The predicted octanol–water partition coefficient (Wildman–Crippen LogP) is 4.67. The summed E-state index contributed by atoms with van der Waals surface area (Å²) in [6, 6.07) is 18.2. The fourth-order valence-corrected chi connectivity index (χ4v) is 2.92. The molecule has 0 aliphatic carbocycles. The molecule has 8 heteroatoms. The number of amides is 2. The van der Waals surface area contributed by atoms with E-state index in [2.05, 4.69) is 10.6 Å². The summed E-state index contributed by atoms with van der Waals surface area (Å²) in [5.41, 5.74) is 1.79. The van der Waals surface area contributed by atoms with E-state index in [1.54, 1.807) is 24.3 Å². The molecule has 154 valence electrons. The highest BCUT2D eigenvalue weighted by Gasteiger charge is 2.16. The summed E-state index contributed by atoms with van der Waals surface area (Å²) in [5, 5.41) is 22.7. The van der Waals surface area contributed by atoms with E-state index in [1.807, 2.05) is 6.07 Å². The van der Waals surface area contributed by atoms with Gasteiger partial charge in [-0.15, -0.1) is 0 Å². The highest BCUT2D eigenvalue weighted by Crippen LogP contribution is 2.30. The van der Waals surface area contributed by atoms with Crippen LogP contribution in [-0.2, 0) is 4.79 Å². The average molecular weight is 417 g/mol. The third-order valence-electron chi connectivity index (χ3n) is 4.33. The Morgan fingerprint density at radius 2 is 1.65 bits per heavy atom. The fourth-order valence-electron chi connectivity index (χ4n) is 2.92. The Balaban J connectivity index is 1.84. The molecule has 0 aromatic heterocycles. The van der Waals surface area contributed by atoms with Gasteiger partial charge in [-0.3, -0.25) is 14.9 Å². The maximum Gasteiger partial charge on any atom is 0.409 e. The van der Waals surface area contributed by atoms with Gasteiger partial charge in [0.1, 0.15) is 5.82 Å². The van der Waals surface area contributed by atoms with E-state index in [1.165, 1.54) is 42.5 Å². The molecule has 0 unspecified atom stereocenters. The fraction of sp³-hybridized carbons (Fsp3) is 0.0435. The highest BCUT2D eigenvalue weighted by atomic mass is 19.1. The van der Waals surface area contributed by atoms with E-state index in [0.717, 1.165) is 0 Å². The van der Waals surface area contributed by atoms with Crippen LogP contribution in [0.25, 0.3) is 11.1 Å². The van der Waals surface area contributed by atoms with Gasteiger partial charge in [-0.05, 0) is 47.5 Å². The number of anilines is 2. The molecule has 0 aliphatic heterocycles. The van der Waals surface area contributed by atoms with Crippen LogP contribution in [0.2, 0.25) is 0 Å². The lowest BCUT2D eigenvalue weighted by atomic mass is 10.0. The molecule has 0 spiro atoms. The van der Waals surface area contributed by atoms with Crippen molar-refractivity contribution in [2.24, 2.45) is 0 Å². The molecule has 0 saturated carbocycles. The molecule has 3 aromatic carbocycles. The largest absolute Gasteiger partial charge is 0.465 e. The zero-order valence-electron chi connectivity index (χ0n) is 16.1. The van der Waals surface area contributed by atoms with Gasteiger partial charge in [0.05, 0.1) is 29.4 Å². The van der Waals surface area contributed by atoms with E-state index in [-0.39, 0.29) is 16.9 Å². The zero-order valence-corrected chi connectivity index (χ0v) is 16.1. The second kappa shape index (κ2) is 9.33. The monoisotopic (exact) mass is 417 g/mol. The van der Waals surface area contributed by atoms with Gasteiger partial charge >= 0.3 is 6.09 Å². The molecule has 3 aromatic rings. The Hall–Kier alpha value is -4.51. The van der Waals surface area contributed by atoms with E-state index < -0.39 is 30.0 Å². The number of nitriles is 1. The third kappa shape index (κ3) is 5.52. The van der Waals surface area contributed by atoms with Gasteiger partial charge in [0.2, 0.25) is 5.91 Å². The van der Waals surface area contributed by atoms with Crippen LogP contribution in [-0.4, -0.2) is 22.9 Å². The molecule has 0 aliphatic rings. The second-order valence-corrected chi connectivity index (χ2v) is 6.54. The molecule has 0 radical (unpaired) electrons. The van der Waals surface area contributed by atoms with Crippen molar-refractivity contribution in [2.75, 3.05) is 10.6 Å². The Labute approximate surface area is 176 Å². The van der Waals surface area contributed by atoms with Crippen LogP contribution in [0.4, 0.5) is 20.6 Å². The number of hydrogen-bond donors (Lipinski definition) is 3. The van der Waals surface area contributed by atoms with Gasteiger partial charge in [0.15, 0.2) is 5.78 Å². The summed E-state index contributed by atoms with van der Waals surface area (Å²) in [6.45, 7) is 0. The van der Waals surface area contributed by atoms with Crippen LogP contribution in [0, 0.1) is 17.1 Å². The summed E-state index contributed by atoms with van der Waals surface area (Å²) in [5.74, 6) is -1.61. The van der Waals surface area contributed by atoms with Gasteiger partial charge in [-0.1, -0.05) is 30.3 Å². The van der Waals surface area contributed by atoms with Crippen molar-refractivity contribution >= 4 is 29.2 Å². The van der Waals surface area contributed by atoms with Crippen LogP contribution in [0.15, 0.2) is 66.7 Å². The van der Waals surface area contributed by atoms with Crippen molar-refractivity contribution in [3.8, 4) is 17.2 Å². The van der Waals surface area contributed by atoms with Crippen molar-refractivity contribution < 1.29 is 23.9 Å². The predicted molar refractivity (Wildman–Crippen MR) is 112 cm³/mol. The minimum absolute atomic E-state index is 0.0972. The normalized spacial score (nSPS) is 10.1. The molecule has 31 heavy (non-hydrogen) atoms. The summed E-state index contributed by atoms with van der Waals surface area (Å²) in [7, 11) is 0. The summed E-state index contributed by atoms with van der Waals surface area (Å²) < 4.78 is 13.6. The van der Waals surface area contributed by atoms with Crippen LogP contribution < -0.4 is 10.6 Å². The molecular formula is C23H16FN3O4. The molecule has 0 bridgehead atoms. The van der Waals surface area contributed by atoms with Gasteiger partial charge < -0.3 is 10.4 Å². The van der Waals surface area contributed by atoms with Crippen molar-refractivity contribution in [2.45, 2.75) is 6.42 Å². The quantitative estimate of drug-likeness (QED) is 0.398. The molecule has 3 rings (SSSR count). The van der Waals surface area contributed by atoms with Crippen LogP contribution in [0.5, 0.6) is 0 Å². The van der Waals surface area contributed by atoms with Crippen molar-refractivity contribution in [1.82, 2.24) is 0 Å². The van der Waals surface area contributed by atoms with Crippen LogP contribution >= 0.6 is 0 Å². The molecule has 0 heterocycles. The molecule has 2 amide bonds. The second-order valence-electron chi connectivity index (χ2n) is 6.54. The number of rotatable bonds is 6. The van der Waals surface area contributed by atoms with Crippen molar-refractivity contribution in [3.05, 3.63) is 83.7 Å². The standard InChI is InChI=1S/C23H16FN3O4/c24-18-6-2-4-15(10-18)16-7-8-19(27-23(30)31)20(11-16)26-22(29)12-21(28)17-5-1-3-14(9-17)13-25/h1-11,27H,12H2,(H,26,29)(H,30,31). The first-order chi connectivity index (χ1) is 14.9. The number of nitrogens with zero attached hydrogens (tertiary/aromatic N) is 1. The first kappa shape index (κ1) is 21.2. The zero-order chi connectivity index (χ0) is 22.4. The molecule has 7 nitrogen and oxygen atoms in total. The maximum absolute atomic E-state index is 13.6. The maximum atomic E-state index is 13.6. The molecule has 3 N–H and O–H groups in total. The Morgan fingerprint density at radius 3 is 2.35 bits per heavy atom. The number of nitrogens with one attached hydrogen (secondary N) is 2. The lowest BCUT2D eigenvalue weighted by molar-refractivity contribution is -0.115. The number of ketones is 1. The first-order valence-electron chi connectivity index (χ1n) is 9.09. The minimum atomic E-state index is -1.33. The van der Waals surface area contributed by atoms with Gasteiger partial charge in [-0.25, -0.2) is 9.18 Å². The Morgan fingerprint density at radius 1 is 0.903 bits per heavy atom. The van der Waals surface area contributed by atoms with Crippen LogP contribution in [0.3, 0.4) is 0 Å². The minimum Gasteiger partial charge on any atom is -0.465 e. The number of carbonyl (C=O) groups excluding carboxylic acids is 2. The van der Waals surface area contributed by atoms with Gasteiger partial charge in [0.25, 0.3) is 0 Å². The number of Topliss-reactive ketones (excluding diaryl/α,β-unsaturated/α-hetero) is 1. The number of halogens is 1. The van der Waals surface area contributed by atoms with Crippen LogP contribution in [0.1, 0.15) is 22.3 Å². The molecular weight excluding hydrogens is 401 g/mol. The Kier molecular flexibility index (Phi) is 6.38. The summed E-state index contributed by atoms with van der Waals surface area (Å²) >= 11 is 0. The van der Waals surface area contributed by atoms with E-state index in [4.69, 9.17) is 10.4 Å². The smallest absolute Gasteiger partial charge is 0.409 e. The van der Waals surface area contributed by atoms with Crippen molar-refractivity contribution in [3.63, 3.8) is 0 Å². The lowest BCUT2D eigenvalue weighted by Crippen LogP contribution is -2.18.